The van der Waals surface area contributed by atoms with Crippen LogP contribution in [0.1, 0.15) is 68.3 Å². The van der Waals surface area contributed by atoms with Crippen LogP contribution in [-0.2, 0) is 37.3 Å². The van der Waals surface area contributed by atoms with Crippen LogP contribution in [0, 0.1) is 5.92 Å². The highest BCUT2D eigenvalue weighted by molar-refractivity contribution is 6.36. The minimum atomic E-state index is -0.754. The number of carboxylic acids is 1. The van der Waals surface area contributed by atoms with Gasteiger partial charge in [-0.1, -0.05) is 41.4 Å². The van der Waals surface area contributed by atoms with Gasteiger partial charge in [0, 0.05) is 62.0 Å². The molecule has 3 fully saturated rings. The van der Waals surface area contributed by atoms with E-state index in [0.717, 1.165) is 23.7 Å². The fraction of sp³-hybridized carbons (Fsp3) is 0.553. The topological polar surface area (TPSA) is 123 Å². The van der Waals surface area contributed by atoms with Crippen LogP contribution in [-0.4, -0.2) is 101 Å². The van der Waals surface area contributed by atoms with Crippen molar-refractivity contribution in [3.63, 3.8) is 0 Å². The lowest BCUT2D eigenvalue weighted by molar-refractivity contribution is -0.158. The molecule has 3 aliphatic rings. The number of aryl methyl sites for hydroxylation is 1. The minimum absolute atomic E-state index is 0.0339. The molecule has 11 nitrogen and oxygen atoms in total. The molecule has 0 spiro atoms. The zero-order valence-corrected chi connectivity index (χ0v) is 31.0. The standard InChI is InChI=1S/C38H48Cl2N4O7/c1-4-49-33-21-43(22-34(33)50-5-2)37(51-25-14-12-23(13-15-25)38(47)48)32-11-8-16-44(32)35(45)18-24-17-29(40)30(19-28(24)39)41-36(46)27-20-42(3)31-10-7-6-9-26(27)31/h6-7,9-10,17,19-20,23,25,32-34,37H,4-5,8,11-16,18,21-22H2,1-3H3,(H,41,46)(H,47,48)/t23?,25?,32-,33-,34+,37?/m0/s1. The Morgan fingerprint density at radius 3 is 2.31 bits per heavy atom. The van der Waals surface area contributed by atoms with Crippen LogP contribution < -0.4 is 5.32 Å². The zero-order chi connectivity index (χ0) is 36.2. The Morgan fingerprint density at radius 1 is 0.961 bits per heavy atom. The molecule has 3 aromatic rings. The maximum absolute atomic E-state index is 14.1. The summed E-state index contributed by atoms with van der Waals surface area (Å²) in [6, 6.07) is 10.7. The third-order valence-electron chi connectivity index (χ3n) is 10.5. The molecule has 2 N–H and O–H groups in total. The summed E-state index contributed by atoms with van der Waals surface area (Å²) in [5, 5.41) is 13.9. The SMILES string of the molecule is CCO[C@H]1CN(C(OC2CCC(C(=O)O)CC2)[C@@H]2CCCN2C(=O)Cc2cc(Cl)c(NC(=O)c3cn(C)c4ccccc34)cc2Cl)C[C@H]1OCC. The van der Waals surface area contributed by atoms with E-state index in [1.54, 1.807) is 18.3 Å². The predicted octanol–water partition coefficient (Wildman–Crippen LogP) is 6.38. The molecule has 0 radical (unpaired) electrons. The van der Waals surface area contributed by atoms with Crippen molar-refractivity contribution in [2.75, 3.05) is 38.2 Å². The fourth-order valence-electron chi connectivity index (χ4n) is 7.99. The molecule has 276 valence electrons. The first-order valence-corrected chi connectivity index (χ1v) is 18.8. The van der Waals surface area contributed by atoms with E-state index in [1.807, 2.05) is 54.6 Å². The lowest BCUT2D eigenvalue weighted by Crippen LogP contribution is -2.53. The monoisotopic (exact) mass is 742 g/mol. The van der Waals surface area contributed by atoms with Crippen LogP contribution >= 0.6 is 23.2 Å². The van der Waals surface area contributed by atoms with E-state index in [-0.39, 0.29) is 53.5 Å². The van der Waals surface area contributed by atoms with Crippen molar-refractivity contribution in [2.45, 2.75) is 89.4 Å². The quantitative estimate of drug-likeness (QED) is 0.207. The van der Waals surface area contributed by atoms with Gasteiger partial charge in [-0.05, 0) is 76.1 Å². The van der Waals surface area contributed by atoms with Crippen molar-refractivity contribution in [3.05, 3.63) is 63.8 Å². The highest BCUT2D eigenvalue weighted by Gasteiger charge is 2.45. The van der Waals surface area contributed by atoms with Gasteiger partial charge in [-0.2, -0.15) is 0 Å². The number of benzene rings is 2. The van der Waals surface area contributed by atoms with Crippen molar-refractivity contribution >= 4 is 57.6 Å². The normalized spacial score (nSPS) is 24.6. The van der Waals surface area contributed by atoms with E-state index < -0.39 is 12.2 Å². The molecule has 2 amide bonds. The van der Waals surface area contributed by atoms with Crippen molar-refractivity contribution in [2.24, 2.45) is 13.0 Å². The molecule has 1 aromatic heterocycles. The lowest BCUT2D eigenvalue weighted by Gasteiger charge is -2.40. The molecular weight excluding hydrogens is 695 g/mol. The summed E-state index contributed by atoms with van der Waals surface area (Å²) in [5.41, 5.74) is 2.39. The Kier molecular flexibility index (Phi) is 12.3. The van der Waals surface area contributed by atoms with Crippen LogP contribution in [0.4, 0.5) is 5.69 Å². The number of aromatic nitrogens is 1. The first-order valence-electron chi connectivity index (χ1n) is 18.1. The number of likely N-dealkylation sites (tertiary alicyclic amines) is 2. The number of halogens is 2. The van der Waals surface area contributed by atoms with Crippen molar-refractivity contribution in [1.29, 1.82) is 0 Å². The van der Waals surface area contributed by atoms with Gasteiger partial charge >= 0.3 is 5.97 Å². The fourth-order valence-corrected chi connectivity index (χ4v) is 8.45. The van der Waals surface area contributed by atoms with E-state index in [9.17, 15) is 19.5 Å². The molecule has 2 aromatic carbocycles. The van der Waals surface area contributed by atoms with Gasteiger partial charge in [0.15, 0.2) is 0 Å². The van der Waals surface area contributed by atoms with Gasteiger partial charge in [0.2, 0.25) is 5.91 Å². The highest BCUT2D eigenvalue weighted by Crippen LogP contribution is 2.35. The molecule has 13 heteroatoms. The molecule has 51 heavy (non-hydrogen) atoms. The second kappa shape index (κ2) is 16.7. The van der Waals surface area contributed by atoms with E-state index >= 15 is 0 Å². The number of anilines is 1. The molecule has 2 saturated heterocycles. The molecule has 4 atom stereocenters. The third-order valence-corrected chi connectivity index (χ3v) is 11.2. The minimum Gasteiger partial charge on any atom is -0.481 e. The number of nitrogens with one attached hydrogen (secondary N) is 1. The third kappa shape index (κ3) is 8.40. The average Bonchev–Trinajstić information content (AvgIpc) is 3.84. The van der Waals surface area contributed by atoms with Gasteiger partial charge in [-0.25, -0.2) is 0 Å². The molecule has 3 heterocycles. The Bertz CT molecular complexity index is 1710. The number of carbonyl (C=O) groups is 3. The van der Waals surface area contributed by atoms with Gasteiger partial charge in [-0.15, -0.1) is 0 Å². The van der Waals surface area contributed by atoms with Gasteiger partial charge in [0.25, 0.3) is 5.91 Å². The maximum Gasteiger partial charge on any atom is 0.306 e. The summed E-state index contributed by atoms with van der Waals surface area (Å²) in [7, 11) is 1.89. The van der Waals surface area contributed by atoms with Crippen molar-refractivity contribution in [1.82, 2.24) is 14.4 Å². The van der Waals surface area contributed by atoms with Crippen LogP contribution in [0.3, 0.4) is 0 Å². The molecule has 6 rings (SSSR count). The predicted molar refractivity (Wildman–Crippen MR) is 196 cm³/mol. The number of hydrogen-bond donors (Lipinski definition) is 2. The largest absolute Gasteiger partial charge is 0.481 e. The van der Waals surface area contributed by atoms with Gasteiger partial charge < -0.3 is 34.1 Å². The number of carbonyl (C=O) groups excluding carboxylic acids is 2. The van der Waals surface area contributed by atoms with Crippen LogP contribution in [0.25, 0.3) is 10.9 Å². The van der Waals surface area contributed by atoms with E-state index in [2.05, 4.69) is 10.2 Å². The summed E-state index contributed by atoms with van der Waals surface area (Å²) in [6.07, 6.45) is 5.12. The number of para-hydroxylation sites is 1. The van der Waals surface area contributed by atoms with Gasteiger partial charge in [-0.3, -0.25) is 19.3 Å². The molecule has 1 unspecified atom stereocenters. The molecule has 2 aliphatic heterocycles. The first kappa shape index (κ1) is 37.6. The Hall–Kier alpha value is -3.19. The van der Waals surface area contributed by atoms with Crippen LogP contribution in [0.5, 0.6) is 0 Å². The second-order valence-corrected chi connectivity index (χ2v) is 14.6. The van der Waals surface area contributed by atoms with E-state index in [1.165, 1.54) is 0 Å². The summed E-state index contributed by atoms with van der Waals surface area (Å²) in [6.45, 7) is 6.88. The summed E-state index contributed by atoms with van der Waals surface area (Å²) >= 11 is 13.4. The number of nitrogens with zero attached hydrogens (tertiary/aromatic N) is 3. The van der Waals surface area contributed by atoms with Crippen LogP contribution in [0.2, 0.25) is 10.0 Å². The molecular formula is C38H48Cl2N4O7. The first-order chi connectivity index (χ1) is 24.6. The second-order valence-electron chi connectivity index (χ2n) is 13.8. The van der Waals surface area contributed by atoms with Crippen LogP contribution in [0.15, 0.2) is 42.6 Å². The van der Waals surface area contributed by atoms with E-state index in [4.69, 9.17) is 37.4 Å². The maximum atomic E-state index is 14.1. The molecule has 1 saturated carbocycles. The molecule has 0 bridgehead atoms. The Balaban J connectivity index is 1.18. The summed E-state index contributed by atoms with van der Waals surface area (Å²) in [5.74, 6) is -1.50. The number of aliphatic carboxylic acids is 1. The van der Waals surface area contributed by atoms with Crippen molar-refractivity contribution in [3.8, 4) is 0 Å². The van der Waals surface area contributed by atoms with Crippen molar-refractivity contribution < 1.29 is 33.7 Å². The Labute approximate surface area is 309 Å². The number of carboxylic acid groups (broad SMARTS) is 1. The Morgan fingerprint density at radius 2 is 1.65 bits per heavy atom. The number of fused-ring (bicyclic) bond motifs is 1. The molecule has 1 aliphatic carbocycles. The smallest absolute Gasteiger partial charge is 0.306 e. The summed E-state index contributed by atoms with van der Waals surface area (Å²) in [4.78, 5) is 43.2. The number of rotatable bonds is 13. The highest BCUT2D eigenvalue weighted by atomic mass is 35.5. The number of ether oxygens (including phenoxy) is 3. The average molecular weight is 744 g/mol. The summed E-state index contributed by atoms with van der Waals surface area (Å²) < 4.78 is 20.9. The number of hydrogen-bond acceptors (Lipinski definition) is 7. The van der Waals surface area contributed by atoms with Gasteiger partial charge in [0.1, 0.15) is 6.23 Å². The lowest BCUT2D eigenvalue weighted by atomic mass is 9.87. The van der Waals surface area contributed by atoms with E-state index in [0.29, 0.717) is 80.4 Å². The van der Waals surface area contributed by atoms with Gasteiger partial charge in [0.05, 0.1) is 53.0 Å². The zero-order valence-electron chi connectivity index (χ0n) is 29.5. The number of amides is 2.